The monoisotopic (exact) mass is 419 g/mol. The predicted octanol–water partition coefficient (Wildman–Crippen LogP) is 2.47. The van der Waals surface area contributed by atoms with E-state index in [-0.39, 0.29) is 23.4 Å². The summed E-state index contributed by atoms with van der Waals surface area (Å²) in [6, 6.07) is 8.69. The molecule has 0 bridgehead atoms. The van der Waals surface area contributed by atoms with Crippen LogP contribution in [0.5, 0.6) is 0 Å². The third-order valence-corrected chi connectivity index (χ3v) is 7.30. The van der Waals surface area contributed by atoms with E-state index in [1.54, 1.807) is 24.5 Å². The van der Waals surface area contributed by atoms with Crippen LogP contribution in [0.1, 0.15) is 35.8 Å². The summed E-state index contributed by atoms with van der Waals surface area (Å²) in [5.41, 5.74) is 1.92. The number of carbonyl (C=O) groups is 1. The molecule has 3 rings (SSSR count). The Morgan fingerprint density at radius 1 is 1.21 bits per heavy atom. The van der Waals surface area contributed by atoms with E-state index in [0.717, 1.165) is 47.1 Å². The molecule has 7 nitrogen and oxygen atoms in total. The minimum absolute atomic E-state index is 0.0434. The maximum Gasteiger partial charge on any atom is 0.243 e. The number of aryl methyl sites for hydroxylation is 2. The fraction of sp³-hybridized carbons (Fsp3) is 0.476. The summed E-state index contributed by atoms with van der Waals surface area (Å²) in [5, 5.41) is 2.88. The lowest BCUT2D eigenvalue weighted by atomic mass is 10.1. The molecule has 1 aromatic heterocycles. The zero-order valence-corrected chi connectivity index (χ0v) is 18.0. The standard InChI is InChI=1S/C21H29N3O4S/c1-16-8-9-18(13-17(16)2)29(26,27)23(3)15-21(25)22-14-19(20-7-6-12-28-20)24-10-4-5-11-24/h6-9,12-13,19H,4-5,10-11,14-15H2,1-3H3,(H,22,25). The van der Waals surface area contributed by atoms with Gasteiger partial charge in [0.2, 0.25) is 15.9 Å². The smallest absolute Gasteiger partial charge is 0.243 e. The van der Waals surface area contributed by atoms with Gasteiger partial charge >= 0.3 is 0 Å². The SMILES string of the molecule is Cc1ccc(S(=O)(=O)N(C)CC(=O)NCC(c2ccco2)N2CCCC2)cc1C. The molecule has 29 heavy (non-hydrogen) atoms. The number of benzene rings is 1. The Kier molecular flexibility index (Phi) is 6.77. The lowest BCUT2D eigenvalue weighted by molar-refractivity contribution is -0.121. The van der Waals surface area contributed by atoms with Crippen molar-refractivity contribution in [3.05, 3.63) is 53.5 Å². The van der Waals surface area contributed by atoms with Crippen LogP contribution in [0.15, 0.2) is 45.9 Å². The first-order valence-electron chi connectivity index (χ1n) is 9.87. The van der Waals surface area contributed by atoms with Crippen molar-refractivity contribution in [3.8, 4) is 0 Å². The molecule has 1 N–H and O–H groups in total. The summed E-state index contributed by atoms with van der Waals surface area (Å²) in [6.07, 6.45) is 3.88. The second-order valence-corrected chi connectivity index (χ2v) is 9.63. The Morgan fingerprint density at radius 2 is 1.93 bits per heavy atom. The third-order valence-electron chi connectivity index (χ3n) is 5.50. The van der Waals surface area contributed by atoms with Crippen molar-refractivity contribution in [1.29, 1.82) is 0 Å². The lowest BCUT2D eigenvalue weighted by Crippen LogP contribution is -2.42. The quantitative estimate of drug-likeness (QED) is 0.711. The lowest BCUT2D eigenvalue weighted by Gasteiger charge is -2.26. The minimum atomic E-state index is -3.73. The van der Waals surface area contributed by atoms with E-state index in [0.29, 0.717) is 6.54 Å². The van der Waals surface area contributed by atoms with Gasteiger partial charge in [-0.3, -0.25) is 9.69 Å². The molecule has 8 heteroatoms. The zero-order chi connectivity index (χ0) is 21.0. The highest BCUT2D eigenvalue weighted by molar-refractivity contribution is 7.89. The number of sulfonamides is 1. The average molecular weight is 420 g/mol. The van der Waals surface area contributed by atoms with Crippen LogP contribution in [0.25, 0.3) is 0 Å². The molecule has 1 aliphatic heterocycles. The van der Waals surface area contributed by atoms with Crippen LogP contribution >= 0.6 is 0 Å². The molecule has 1 amide bonds. The van der Waals surface area contributed by atoms with Gasteiger partial charge in [0.25, 0.3) is 0 Å². The summed E-state index contributed by atoms with van der Waals surface area (Å²) >= 11 is 0. The molecule has 0 saturated carbocycles. The summed E-state index contributed by atoms with van der Waals surface area (Å²) in [7, 11) is -2.30. The number of hydrogen-bond donors (Lipinski definition) is 1. The largest absolute Gasteiger partial charge is 0.468 e. The van der Waals surface area contributed by atoms with Crippen molar-refractivity contribution < 1.29 is 17.6 Å². The number of amides is 1. The summed E-state index contributed by atoms with van der Waals surface area (Å²) in [4.78, 5) is 15.0. The van der Waals surface area contributed by atoms with Crippen LogP contribution in [0, 0.1) is 13.8 Å². The van der Waals surface area contributed by atoms with Gasteiger partial charge in [0, 0.05) is 13.6 Å². The predicted molar refractivity (Wildman–Crippen MR) is 111 cm³/mol. The first-order chi connectivity index (χ1) is 13.8. The number of carbonyl (C=O) groups excluding carboxylic acids is 1. The van der Waals surface area contributed by atoms with Gasteiger partial charge in [0.05, 0.1) is 23.7 Å². The first-order valence-corrected chi connectivity index (χ1v) is 11.3. The second-order valence-electron chi connectivity index (χ2n) is 7.59. The van der Waals surface area contributed by atoms with Crippen LogP contribution in [0.3, 0.4) is 0 Å². The third kappa shape index (κ3) is 5.07. The van der Waals surface area contributed by atoms with Gasteiger partial charge in [-0.2, -0.15) is 4.31 Å². The van der Waals surface area contributed by atoms with E-state index in [1.807, 2.05) is 26.0 Å². The summed E-state index contributed by atoms with van der Waals surface area (Å²) in [5.74, 6) is 0.471. The Morgan fingerprint density at radius 3 is 2.55 bits per heavy atom. The van der Waals surface area contributed by atoms with Crippen molar-refractivity contribution in [2.75, 3.05) is 33.2 Å². The molecule has 0 aliphatic carbocycles. The Labute approximate surface area is 172 Å². The highest BCUT2D eigenvalue weighted by atomic mass is 32.2. The number of nitrogens with one attached hydrogen (secondary N) is 1. The van der Waals surface area contributed by atoms with E-state index in [4.69, 9.17) is 4.42 Å². The molecular formula is C21H29N3O4S. The van der Waals surface area contributed by atoms with Gasteiger partial charge in [-0.05, 0) is 75.2 Å². The first kappa shape index (κ1) is 21.5. The number of furan rings is 1. The van der Waals surface area contributed by atoms with Gasteiger partial charge < -0.3 is 9.73 Å². The van der Waals surface area contributed by atoms with Gasteiger partial charge in [0.15, 0.2) is 0 Å². The number of nitrogens with zero attached hydrogens (tertiary/aromatic N) is 2. The average Bonchev–Trinajstić information content (AvgIpc) is 3.38. The van der Waals surface area contributed by atoms with E-state index in [2.05, 4.69) is 10.2 Å². The molecule has 158 valence electrons. The van der Waals surface area contributed by atoms with E-state index in [1.165, 1.54) is 7.05 Å². The van der Waals surface area contributed by atoms with E-state index >= 15 is 0 Å². The molecule has 2 heterocycles. The fourth-order valence-electron chi connectivity index (χ4n) is 3.55. The summed E-state index contributed by atoms with van der Waals surface area (Å²) in [6.45, 7) is 5.86. The van der Waals surface area contributed by atoms with Gasteiger partial charge in [-0.1, -0.05) is 6.07 Å². The number of rotatable bonds is 8. The highest BCUT2D eigenvalue weighted by Crippen LogP contribution is 2.25. The minimum Gasteiger partial charge on any atom is -0.468 e. The molecule has 0 spiro atoms. The van der Waals surface area contributed by atoms with Crippen molar-refractivity contribution in [2.45, 2.75) is 37.6 Å². The van der Waals surface area contributed by atoms with Crippen LogP contribution in [-0.2, 0) is 14.8 Å². The van der Waals surface area contributed by atoms with Gasteiger partial charge in [0.1, 0.15) is 5.76 Å². The Bertz CT molecular complexity index is 935. The van der Waals surface area contributed by atoms with Crippen molar-refractivity contribution >= 4 is 15.9 Å². The van der Waals surface area contributed by atoms with Crippen LogP contribution in [-0.4, -0.2) is 56.8 Å². The molecule has 0 radical (unpaired) electrons. The molecule has 1 atom stereocenters. The zero-order valence-electron chi connectivity index (χ0n) is 17.2. The maximum absolute atomic E-state index is 12.8. The van der Waals surface area contributed by atoms with E-state index in [9.17, 15) is 13.2 Å². The van der Waals surface area contributed by atoms with Gasteiger partial charge in [-0.15, -0.1) is 0 Å². The molecule has 2 aromatic rings. The van der Waals surface area contributed by atoms with Crippen LogP contribution < -0.4 is 5.32 Å². The van der Waals surface area contributed by atoms with Crippen LogP contribution in [0.2, 0.25) is 0 Å². The Balaban J connectivity index is 1.62. The van der Waals surface area contributed by atoms with Gasteiger partial charge in [-0.25, -0.2) is 8.42 Å². The number of likely N-dealkylation sites (N-methyl/N-ethyl adjacent to an activating group) is 1. The molecule has 1 saturated heterocycles. The van der Waals surface area contributed by atoms with Crippen molar-refractivity contribution in [2.24, 2.45) is 0 Å². The topological polar surface area (TPSA) is 82.9 Å². The molecule has 1 aliphatic rings. The number of likely N-dealkylation sites (tertiary alicyclic amines) is 1. The maximum atomic E-state index is 12.8. The van der Waals surface area contributed by atoms with E-state index < -0.39 is 10.0 Å². The van der Waals surface area contributed by atoms with Crippen molar-refractivity contribution in [3.63, 3.8) is 0 Å². The normalized spacial score (nSPS) is 16.3. The Hall–Kier alpha value is -2.16. The van der Waals surface area contributed by atoms with Crippen molar-refractivity contribution in [1.82, 2.24) is 14.5 Å². The molecule has 1 fully saturated rings. The van der Waals surface area contributed by atoms with Crippen LogP contribution in [0.4, 0.5) is 0 Å². The molecular weight excluding hydrogens is 390 g/mol. The molecule has 1 aromatic carbocycles. The second kappa shape index (κ2) is 9.11. The summed E-state index contributed by atoms with van der Waals surface area (Å²) < 4.78 is 32.2. The number of hydrogen-bond acceptors (Lipinski definition) is 5. The fourth-order valence-corrected chi connectivity index (χ4v) is 4.76. The highest BCUT2D eigenvalue weighted by Gasteiger charge is 2.27. The molecule has 1 unspecified atom stereocenters.